The van der Waals surface area contributed by atoms with Crippen molar-refractivity contribution in [2.24, 2.45) is 0 Å². The quantitative estimate of drug-likeness (QED) is 0.642. The Kier molecular flexibility index (Phi) is 7.80. The molecule has 2 aliphatic heterocycles. The van der Waals surface area contributed by atoms with E-state index in [0.29, 0.717) is 63.2 Å². The average Bonchev–Trinajstić information content (AvgIpc) is 2.84. The van der Waals surface area contributed by atoms with Crippen LogP contribution < -0.4 is 4.74 Å². The first kappa shape index (κ1) is 23.5. The van der Waals surface area contributed by atoms with Gasteiger partial charge >= 0.3 is 0 Å². The Morgan fingerprint density at radius 1 is 1.00 bits per heavy atom. The number of carbonyl (C=O) groups excluding carboxylic acids is 2. The molecule has 2 aliphatic rings. The summed E-state index contributed by atoms with van der Waals surface area (Å²) in [4.78, 5) is 30.8. The van der Waals surface area contributed by atoms with Crippen molar-refractivity contribution in [2.75, 3.05) is 59.0 Å². The SMILES string of the molecule is O=C(COc1ccc(Cl)cc1)N1CCO[C@@H](CN2CCN(C(=O)c3ccccc3F)CC2)C1. The molecule has 0 saturated carbocycles. The Hall–Kier alpha value is -2.68. The number of carbonyl (C=O) groups is 2. The smallest absolute Gasteiger partial charge is 0.260 e. The summed E-state index contributed by atoms with van der Waals surface area (Å²) in [6.07, 6.45) is -0.105. The van der Waals surface area contributed by atoms with Gasteiger partial charge in [-0.1, -0.05) is 23.7 Å². The van der Waals surface area contributed by atoms with Crippen LogP contribution in [0.4, 0.5) is 4.39 Å². The summed E-state index contributed by atoms with van der Waals surface area (Å²) in [5.74, 6) is -0.261. The van der Waals surface area contributed by atoms with E-state index in [1.807, 2.05) is 0 Å². The number of morpholine rings is 1. The monoisotopic (exact) mass is 475 g/mol. The third-order valence-electron chi connectivity index (χ3n) is 5.89. The predicted molar refractivity (Wildman–Crippen MR) is 122 cm³/mol. The fourth-order valence-corrected chi connectivity index (χ4v) is 4.18. The minimum Gasteiger partial charge on any atom is -0.484 e. The minimum absolute atomic E-state index is 0.0365. The summed E-state index contributed by atoms with van der Waals surface area (Å²) in [5, 5.41) is 0.613. The molecule has 2 aromatic rings. The van der Waals surface area contributed by atoms with Gasteiger partial charge in [0.05, 0.1) is 18.3 Å². The summed E-state index contributed by atoms with van der Waals surface area (Å²) >= 11 is 5.87. The van der Waals surface area contributed by atoms with Crippen molar-refractivity contribution in [3.63, 3.8) is 0 Å². The molecule has 0 unspecified atom stereocenters. The highest BCUT2D eigenvalue weighted by molar-refractivity contribution is 6.30. The maximum atomic E-state index is 13.9. The number of ether oxygens (including phenoxy) is 2. The molecule has 0 radical (unpaired) electrons. The molecule has 0 aromatic heterocycles. The second-order valence-corrected chi connectivity index (χ2v) is 8.58. The van der Waals surface area contributed by atoms with E-state index in [-0.39, 0.29) is 30.1 Å². The Morgan fingerprint density at radius 2 is 1.73 bits per heavy atom. The largest absolute Gasteiger partial charge is 0.484 e. The summed E-state index contributed by atoms with van der Waals surface area (Å²) in [6.45, 7) is 4.54. The number of hydrogen-bond acceptors (Lipinski definition) is 5. The van der Waals surface area contributed by atoms with Gasteiger partial charge in [0.25, 0.3) is 11.8 Å². The fourth-order valence-electron chi connectivity index (χ4n) is 4.05. The highest BCUT2D eigenvalue weighted by Crippen LogP contribution is 2.17. The molecule has 33 heavy (non-hydrogen) atoms. The van der Waals surface area contributed by atoms with Gasteiger partial charge in [0.15, 0.2) is 6.61 Å². The zero-order valence-corrected chi connectivity index (χ0v) is 19.0. The fraction of sp³-hybridized carbons (Fsp3) is 0.417. The third kappa shape index (κ3) is 6.22. The van der Waals surface area contributed by atoms with Gasteiger partial charge < -0.3 is 19.3 Å². The molecule has 2 amide bonds. The summed E-state index contributed by atoms with van der Waals surface area (Å²) in [7, 11) is 0. The van der Waals surface area contributed by atoms with Gasteiger partial charge in [-0.15, -0.1) is 0 Å². The molecule has 7 nitrogen and oxygen atoms in total. The topological polar surface area (TPSA) is 62.3 Å². The number of piperazine rings is 1. The maximum absolute atomic E-state index is 13.9. The van der Waals surface area contributed by atoms with Gasteiger partial charge in [-0.3, -0.25) is 14.5 Å². The van der Waals surface area contributed by atoms with Crippen LogP contribution in [0.2, 0.25) is 5.02 Å². The zero-order valence-electron chi connectivity index (χ0n) is 18.3. The number of halogens is 2. The van der Waals surface area contributed by atoms with Crippen LogP contribution >= 0.6 is 11.6 Å². The number of nitrogens with zero attached hydrogens (tertiary/aromatic N) is 3. The molecule has 2 saturated heterocycles. The average molecular weight is 476 g/mol. The van der Waals surface area contributed by atoms with Crippen molar-refractivity contribution < 1.29 is 23.5 Å². The molecule has 0 aliphatic carbocycles. The van der Waals surface area contributed by atoms with Crippen LogP contribution in [-0.2, 0) is 9.53 Å². The predicted octanol–water partition coefficient (Wildman–Crippen LogP) is 2.54. The van der Waals surface area contributed by atoms with Crippen molar-refractivity contribution in [3.05, 3.63) is 64.9 Å². The lowest BCUT2D eigenvalue weighted by Gasteiger charge is -2.39. The van der Waals surface area contributed by atoms with Crippen LogP contribution in [0.15, 0.2) is 48.5 Å². The van der Waals surface area contributed by atoms with Crippen LogP contribution in [-0.4, -0.2) is 91.6 Å². The van der Waals surface area contributed by atoms with E-state index in [0.717, 1.165) is 0 Å². The second kappa shape index (κ2) is 11.0. The van der Waals surface area contributed by atoms with E-state index in [9.17, 15) is 14.0 Å². The molecular formula is C24H27ClFN3O4. The first-order chi connectivity index (χ1) is 16.0. The van der Waals surface area contributed by atoms with Gasteiger partial charge in [-0.25, -0.2) is 4.39 Å². The molecule has 0 N–H and O–H groups in total. The van der Waals surface area contributed by atoms with E-state index >= 15 is 0 Å². The summed E-state index contributed by atoms with van der Waals surface area (Å²) in [5.41, 5.74) is 0.108. The van der Waals surface area contributed by atoms with Gasteiger partial charge in [0.2, 0.25) is 0 Å². The van der Waals surface area contributed by atoms with Gasteiger partial charge in [0, 0.05) is 50.8 Å². The van der Waals surface area contributed by atoms with Gasteiger partial charge in [-0.2, -0.15) is 0 Å². The first-order valence-electron chi connectivity index (χ1n) is 11.0. The maximum Gasteiger partial charge on any atom is 0.260 e. The molecule has 2 aromatic carbocycles. The van der Waals surface area contributed by atoms with Crippen LogP contribution in [0.5, 0.6) is 5.75 Å². The van der Waals surface area contributed by atoms with E-state index in [2.05, 4.69) is 4.90 Å². The Labute approximate surface area is 197 Å². The lowest BCUT2D eigenvalue weighted by molar-refractivity contribution is -0.141. The van der Waals surface area contributed by atoms with Crippen LogP contribution in [0.1, 0.15) is 10.4 Å². The highest BCUT2D eigenvalue weighted by atomic mass is 35.5. The Bertz CT molecular complexity index is 966. The Balaban J connectivity index is 1.22. The lowest BCUT2D eigenvalue weighted by atomic mass is 10.1. The standard InChI is InChI=1S/C24H27ClFN3O4/c25-18-5-7-19(8-6-18)33-17-23(30)29-13-14-32-20(16-29)15-27-9-11-28(12-10-27)24(31)21-3-1-2-4-22(21)26/h1-8,20H,9-17H2/t20-/m0/s1. The molecule has 2 fully saturated rings. The van der Waals surface area contributed by atoms with Crippen LogP contribution in [0.3, 0.4) is 0 Å². The van der Waals surface area contributed by atoms with E-state index in [4.69, 9.17) is 21.1 Å². The second-order valence-electron chi connectivity index (χ2n) is 8.15. The van der Waals surface area contributed by atoms with Crippen molar-refractivity contribution in [2.45, 2.75) is 6.10 Å². The number of rotatable bonds is 6. The summed E-state index contributed by atoms with van der Waals surface area (Å²) in [6, 6.07) is 13.0. The van der Waals surface area contributed by atoms with Crippen molar-refractivity contribution in [3.8, 4) is 5.75 Å². The van der Waals surface area contributed by atoms with Crippen molar-refractivity contribution in [1.82, 2.24) is 14.7 Å². The van der Waals surface area contributed by atoms with Gasteiger partial charge in [-0.05, 0) is 36.4 Å². The molecule has 9 heteroatoms. The van der Waals surface area contributed by atoms with E-state index in [1.165, 1.54) is 12.1 Å². The highest BCUT2D eigenvalue weighted by Gasteiger charge is 2.29. The number of hydrogen-bond donors (Lipinski definition) is 0. The molecule has 2 heterocycles. The number of amides is 2. The van der Waals surface area contributed by atoms with Crippen molar-refractivity contribution >= 4 is 23.4 Å². The van der Waals surface area contributed by atoms with E-state index < -0.39 is 5.82 Å². The minimum atomic E-state index is -0.495. The molecule has 4 rings (SSSR count). The zero-order chi connectivity index (χ0) is 23.2. The molecule has 176 valence electrons. The van der Waals surface area contributed by atoms with E-state index in [1.54, 1.807) is 46.2 Å². The van der Waals surface area contributed by atoms with Crippen LogP contribution in [0, 0.1) is 5.82 Å². The lowest BCUT2D eigenvalue weighted by Crippen LogP contribution is -2.54. The molecule has 0 spiro atoms. The van der Waals surface area contributed by atoms with Crippen LogP contribution in [0.25, 0.3) is 0 Å². The van der Waals surface area contributed by atoms with Gasteiger partial charge in [0.1, 0.15) is 11.6 Å². The van der Waals surface area contributed by atoms with Crippen molar-refractivity contribution in [1.29, 1.82) is 0 Å². The number of benzene rings is 2. The Morgan fingerprint density at radius 3 is 2.45 bits per heavy atom. The molecule has 1 atom stereocenters. The summed E-state index contributed by atoms with van der Waals surface area (Å²) < 4.78 is 25.4. The molecule has 0 bridgehead atoms. The first-order valence-corrected chi connectivity index (χ1v) is 11.4. The normalized spacial score (nSPS) is 19.4. The molecular weight excluding hydrogens is 449 g/mol. The third-order valence-corrected chi connectivity index (χ3v) is 6.15.